The number of carbonyl (C=O) groups excluding carboxylic acids is 1. The first-order valence-corrected chi connectivity index (χ1v) is 14.1. The first-order chi connectivity index (χ1) is 19.9. The van der Waals surface area contributed by atoms with E-state index in [1.807, 2.05) is 78.9 Å². The summed E-state index contributed by atoms with van der Waals surface area (Å²) in [7, 11) is 1.62. The highest BCUT2D eigenvalue weighted by atomic mass is 79.9. The van der Waals surface area contributed by atoms with Gasteiger partial charge in [-0.1, -0.05) is 36.4 Å². The number of nitro benzene ring substituents is 1. The van der Waals surface area contributed by atoms with Crippen LogP contribution in [0.4, 0.5) is 11.4 Å². The Labute approximate surface area is 249 Å². The maximum Gasteiger partial charge on any atom is 0.269 e. The summed E-state index contributed by atoms with van der Waals surface area (Å²) in [5.74, 6) is 1.24. The summed E-state index contributed by atoms with van der Waals surface area (Å²) in [5.41, 5.74) is 3.39. The van der Waals surface area contributed by atoms with E-state index in [0.29, 0.717) is 22.4 Å². The van der Waals surface area contributed by atoms with Gasteiger partial charge in [0.25, 0.3) is 11.6 Å². The van der Waals surface area contributed by atoms with E-state index < -0.39 is 4.92 Å². The van der Waals surface area contributed by atoms with Gasteiger partial charge in [0.2, 0.25) is 0 Å². The average Bonchev–Trinajstić information content (AvgIpc) is 3.26. The molecule has 1 aliphatic rings. The lowest BCUT2D eigenvalue weighted by Crippen LogP contribution is -2.28. The van der Waals surface area contributed by atoms with Gasteiger partial charge in [-0.25, -0.2) is 4.99 Å². The molecule has 8 nitrogen and oxygen atoms in total. The zero-order valence-corrected chi connectivity index (χ0v) is 24.3. The molecule has 0 atom stereocenters. The van der Waals surface area contributed by atoms with E-state index in [9.17, 15) is 14.9 Å². The zero-order chi connectivity index (χ0) is 28.8. The van der Waals surface area contributed by atoms with Gasteiger partial charge >= 0.3 is 0 Å². The molecule has 1 heterocycles. The van der Waals surface area contributed by atoms with Gasteiger partial charge in [0.15, 0.2) is 5.17 Å². The number of thioether (sulfide) groups is 1. The Morgan fingerprint density at radius 2 is 1.68 bits per heavy atom. The van der Waals surface area contributed by atoms with Crippen LogP contribution in [-0.2, 0) is 17.9 Å². The summed E-state index contributed by atoms with van der Waals surface area (Å²) in [6, 6.07) is 29.0. The number of rotatable bonds is 9. The summed E-state index contributed by atoms with van der Waals surface area (Å²) in [5, 5.41) is 11.5. The van der Waals surface area contributed by atoms with Gasteiger partial charge in [-0.05, 0) is 99.0 Å². The van der Waals surface area contributed by atoms with Gasteiger partial charge in [-0.15, -0.1) is 0 Å². The molecular formula is C31H24BrN3O5S. The Hall–Kier alpha value is -4.41. The Morgan fingerprint density at radius 1 is 0.976 bits per heavy atom. The number of para-hydroxylation sites is 1. The number of aliphatic imine (C=N–C) groups is 1. The van der Waals surface area contributed by atoms with Crippen molar-refractivity contribution < 1.29 is 19.2 Å². The fourth-order valence-electron chi connectivity index (χ4n) is 4.01. The molecule has 206 valence electrons. The molecule has 10 heteroatoms. The zero-order valence-electron chi connectivity index (χ0n) is 21.9. The number of halogens is 1. The number of amidine groups is 1. The molecule has 0 aromatic heterocycles. The van der Waals surface area contributed by atoms with E-state index in [1.54, 1.807) is 24.1 Å². The second kappa shape index (κ2) is 12.8. The minimum absolute atomic E-state index is 0.0335. The van der Waals surface area contributed by atoms with Gasteiger partial charge in [0, 0.05) is 12.1 Å². The van der Waals surface area contributed by atoms with Crippen molar-refractivity contribution >= 4 is 56.2 Å². The first kappa shape index (κ1) is 28.1. The third-order valence-electron chi connectivity index (χ3n) is 6.16. The van der Waals surface area contributed by atoms with Gasteiger partial charge in [-0.2, -0.15) is 0 Å². The van der Waals surface area contributed by atoms with Crippen LogP contribution in [0.5, 0.6) is 11.5 Å². The highest BCUT2D eigenvalue weighted by molar-refractivity contribution is 9.10. The van der Waals surface area contributed by atoms with Gasteiger partial charge in [0.05, 0.1) is 33.6 Å². The fourth-order valence-corrected chi connectivity index (χ4v) is 5.52. The summed E-state index contributed by atoms with van der Waals surface area (Å²) in [6.07, 6.45) is 1.84. The Kier molecular flexibility index (Phi) is 8.81. The highest BCUT2D eigenvalue weighted by Gasteiger charge is 2.33. The molecule has 1 saturated heterocycles. The van der Waals surface area contributed by atoms with Gasteiger partial charge in [0.1, 0.15) is 18.1 Å². The average molecular weight is 631 g/mol. The molecule has 4 aromatic carbocycles. The molecule has 0 aliphatic carbocycles. The SMILES string of the molecule is COc1ccc(CN2C(=O)/C(=C\c3ccc(OCc4ccc([N+](=O)[O-])cc4)c(Br)c3)SC2=Nc2ccccc2)cc1. The van der Waals surface area contributed by atoms with Crippen molar-refractivity contribution in [2.24, 2.45) is 4.99 Å². The second-order valence-corrected chi connectivity index (χ2v) is 10.8. The molecule has 1 fully saturated rings. The van der Waals surface area contributed by atoms with Crippen LogP contribution in [0.3, 0.4) is 0 Å². The Bertz CT molecular complexity index is 1620. The smallest absolute Gasteiger partial charge is 0.269 e. The van der Waals surface area contributed by atoms with Gasteiger partial charge in [-0.3, -0.25) is 19.8 Å². The Balaban J connectivity index is 1.35. The summed E-state index contributed by atoms with van der Waals surface area (Å²) in [6.45, 7) is 0.628. The van der Waals surface area contributed by atoms with Crippen LogP contribution in [0.2, 0.25) is 0 Å². The van der Waals surface area contributed by atoms with Crippen molar-refractivity contribution in [2.45, 2.75) is 13.2 Å². The maximum absolute atomic E-state index is 13.6. The number of hydrogen-bond donors (Lipinski definition) is 0. The molecule has 0 bridgehead atoms. The van der Waals surface area contributed by atoms with Crippen molar-refractivity contribution in [3.8, 4) is 11.5 Å². The molecule has 41 heavy (non-hydrogen) atoms. The van der Waals surface area contributed by atoms with Crippen molar-refractivity contribution in [3.63, 3.8) is 0 Å². The van der Waals surface area contributed by atoms with Crippen LogP contribution in [0.15, 0.2) is 111 Å². The maximum atomic E-state index is 13.6. The lowest BCUT2D eigenvalue weighted by molar-refractivity contribution is -0.384. The van der Waals surface area contributed by atoms with Crippen molar-refractivity contribution in [1.29, 1.82) is 0 Å². The predicted molar refractivity (Wildman–Crippen MR) is 164 cm³/mol. The molecule has 0 N–H and O–H groups in total. The summed E-state index contributed by atoms with van der Waals surface area (Å²) >= 11 is 4.89. The lowest BCUT2D eigenvalue weighted by atomic mass is 10.2. The van der Waals surface area contributed by atoms with Crippen LogP contribution in [-0.4, -0.2) is 28.0 Å². The van der Waals surface area contributed by atoms with Gasteiger partial charge < -0.3 is 9.47 Å². The minimum atomic E-state index is -0.434. The van der Waals surface area contributed by atoms with E-state index in [2.05, 4.69) is 15.9 Å². The number of nitro groups is 1. The summed E-state index contributed by atoms with van der Waals surface area (Å²) < 4.78 is 11.9. The normalized spacial score (nSPS) is 15.0. The number of non-ortho nitro benzene ring substituents is 1. The van der Waals surface area contributed by atoms with Crippen LogP contribution < -0.4 is 9.47 Å². The van der Waals surface area contributed by atoms with E-state index in [0.717, 1.165) is 32.6 Å². The molecular weight excluding hydrogens is 606 g/mol. The van der Waals surface area contributed by atoms with E-state index in [1.165, 1.54) is 23.9 Å². The molecule has 0 unspecified atom stereocenters. The molecule has 1 aliphatic heterocycles. The lowest BCUT2D eigenvalue weighted by Gasteiger charge is -2.16. The third-order valence-corrected chi connectivity index (χ3v) is 7.79. The number of hydrogen-bond acceptors (Lipinski definition) is 7. The standard InChI is InChI=1S/C31H24BrN3O5S/c1-39-26-14-9-21(10-15-26)19-34-30(36)29(41-31(34)33-24-5-3-2-4-6-24)18-23-11-16-28(27(32)17-23)40-20-22-7-12-25(13-8-22)35(37)38/h2-18H,19-20H2,1H3/b29-18+,33-31?. The van der Waals surface area contributed by atoms with Crippen molar-refractivity contribution in [1.82, 2.24) is 4.90 Å². The highest BCUT2D eigenvalue weighted by Crippen LogP contribution is 2.36. The molecule has 0 radical (unpaired) electrons. The van der Waals surface area contributed by atoms with Crippen LogP contribution in [0.1, 0.15) is 16.7 Å². The van der Waals surface area contributed by atoms with E-state index in [4.69, 9.17) is 14.5 Å². The molecule has 4 aromatic rings. The van der Waals surface area contributed by atoms with Crippen molar-refractivity contribution in [2.75, 3.05) is 7.11 Å². The van der Waals surface area contributed by atoms with E-state index in [-0.39, 0.29) is 18.2 Å². The number of nitrogens with zero attached hydrogens (tertiary/aromatic N) is 3. The molecule has 0 spiro atoms. The van der Waals surface area contributed by atoms with Crippen molar-refractivity contribution in [3.05, 3.63) is 133 Å². The monoisotopic (exact) mass is 629 g/mol. The largest absolute Gasteiger partial charge is 0.497 e. The quantitative estimate of drug-likeness (QED) is 0.107. The van der Waals surface area contributed by atoms with Crippen LogP contribution >= 0.6 is 27.7 Å². The predicted octanol–water partition coefficient (Wildman–Crippen LogP) is 7.75. The summed E-state index contributed by atoms with van der Waals surface area (Å²) in [4.78, 5) is 31.0. The number of methoxy groups -OCH3 is 1. The number of amides is 1. The minimum Gasteiger partial charge on any atom is -0.497 e. The third kappa shape index (κ3) is 7.03. The number of ether oxygens (including phenoxy) is 2. The number of carbonyl (C=O) groups is 1. The van der Waals surface area contributed by atoms with E-state index >= 15 is 0 Å². The topological polar surface area (TPSA) is 94.3 Å². The fraction of sp³-hybridized carbons (Fsp3) is 0.0968. The first-order valence-electron chi connectivity index (χ1n) is 12.5. The molecule has 0 saturated carbocycles. The number of benzene rings is 4. The van der Waals surface area contributed by atoms with Crippen LogP contribution in [0.25, 0.3) is 6.08 Å². The molecule has 1 amide bonds. The second-order valence-electron chi connectivity index (χ2n) is 8.98. The van der Waals surface area contributed by atoms with Crippen LogP contribution in [0, 0.1) is 10.1 Å². The molecule has 5 rings (SSSR count). The Morgan fingerprint density at radius 3 is 2.34 bits per heavy atom.